The van der Waals surface area contributed by atoms with E-state index in [1.54, 1.807) is 36.4 Å². The van der Waals surface area contributed by atoms with E-state index in [2.05, 4.69) is 5.32 Å². The number of piperidine rings is 1. The lowest BCUT2D eigenvalue weighted by atomic mass is 10.2. The number of nitrogens with zero attached hydrogens (tertiary/aromatic N) is 1. The van der Waals surface area contributed by atoms with Gasteiger partial charge in [0.05, 0.1) is 4.90 Å². The van der Waals surface area contributed by atoms with Gasteiger partial charge in [-0.15, -0.1) is 0 Å². The van der Waals surface area contributed by atoms with Crippen molar-refractivity contribution in [3.8, 4) is 5.75 Å². The van der Waals surface area contributed by atoms with Gasteiger partial charge in [-0.3, -0.25) is 4.79 Å². The van der Waals surface area contributed by atoms with Crippen LogP contribution in [0.3, 0.4) is 0 Å². The number of sulfonamides is 1. The lowest BCUT2D eigenvalue weighted by Crippen LogP contribution is -2.35. The Morgan fingerprint density at radius 1 is 1.07 bits per heavy atom. The molecule has 1 fully saturated rings. The van der Waals surface area contributed by atoms with Crippen LogP contribution in [0.2, 0.25) is 5.02 Å². The molecular weight excluding hydrogens is 388 g/mol. The summed E-state index contributed by atoms with van der Waals surface area (Å²) in [6, 6.07) is 13.0. The Labute approximate surface area is 164 Å². The minimum Gasteiger partial charge on any atom is -0.484 e. The van der Waals surface area contributed by atoms with Gasteiger partial charge in [-0.2, -0.15) is 4.31 Å². The van der Waals surface area contributed by atoms with Crippen LogP contribution in [-0.2, 0) is 14.8 Å². The molecule has 3 rings (SSSR count). The summed E-state index contributed by atoms with van der Waals surface area (Å²) in [5.41, 5.74) is 0.582. The van der Waals surface area contributed by atoms with Crippen LogP contribution in [-0.4, -0.2) is 38.3 Å². The van der Waals surface area contributed by atoms with Gasteiger partial charge in [0.2, 0.25) is 10.0 Å². The second-order valence-corrected chi connectivity index (χ2v) is 8.66. The summed E-state index contributed by atoms with van der Waals surface area (Å²) in [6.07, 6.45) is 2.85. The molecule has 2 aromatic rings. The van der Waals surface area contributed by atoms with Gasteiger partial charge in [0.15, 0.2) is 6.61 Å². The predicted molar refractivity (Wildman–Crippen MR) is 105 cm³/mol. The van der Waals surface area contributed by atoms with Crippen molar-refractivity contribution in [2.45, 2.75) is 24.2 Å². The Bertz CT molecular complexity index is 894. The van der Waals surface area contributed by atoms with Crippen molar-refractivity contribution in [2.24, 2.45) is 0 Å². The van der Waals surface area contributed by atoms with Crippen LogP contribution in [0.15, 0.2) is 53.4 Å². The monoisotopic (exact) mass is 408 g/mol. The van der Waals surface area contributed by atoms with Crippen molar-refractivity contribution in [1.82, 2.24) is 4.31 Å². The molecule has 1 heterocycles. The molecule has 6 nitrogen and oxygen atoms in total. The van der Waals surface area contributed by atoms with Crippen LogP contribution in [0.5, 0.6) is 5.75 Å². The van der Waals surface area contributed by atoms with Gasteiger partial charge in [0, 0.05) is 23.8 Å². The summed E-state index contributed by atoms with van der Waals surface area (Å²) in [6.45, 7) is 0.930. The lowest BCUT2D eigenvalue weighted by molar-refractivity contribution is -0.118. The molecule has 0 aliphatic carbocycles. The summed E-state index contributed by atoms with van der Waals surface area (Å²) in [5, 5.41) is 3.21. The van der Waals surface area contributed by atoms with Gasteiger partial charge < -0.3 is 10.1 Å². The molecule has 0 bridgehead atoms. The molecule has 0 radical (unpaired) electrons. The van der Waals surface area contributed by atoms with Gasteiger partial charge in [0.25, 0.3) is 5.91 Å². The van der Waals surface area contributed by atoms with Crippen molar-refractivity contribution < 1.29 is 17.9 Å². The largest absolute Gasteiger partial charge is 0.484 e. The van der Waals surface area contributed by atoms with Gasteiger partial charge in [-0.25, -0.2) is 8.42 Å². The summed E-state index contributed by atoms with van der Waals surface area (Å²) >= 11 is 5.87. The van der Waals surface area contributed by atoms with E-state index in [0.717, 1.165) is 19.3 Å². The molecule has 0 aromatic heterocycles. The topological polar surface area (TPSA) is 75.7 Å². The van der Waals surface area contributed by atoms with Crippen molar-refractivity contribution in [3.63, 3.8) is 0 Å². The maximum atomic E-state index is 12.6. The summed E-state index contributed by atoms with van der Waals surface area (Å²) < 4.78 is 32.2. The number of benzene rings is 2. The van der Waals surface area contributed by atoms with E-state index in [-0.39, 0.29) is 17.4 Å². The zero-order valence-electron chi connectivity index (χ0n) is 14.7. The van der Waals surface area contributed by atoms with Gasteiger partial charge >= 0.3 is 0 Å². The standard InChI is InChI=1S/C19H21ClN2O4S/c20-15-5-4-6-16(13-15)21-19(23)14-26-17-7-9-18(10-8-17)27(24,25)22-11-2-1-3-12-22/h4-10,13H,1-3,11-12,14H2,(H,21,23). The lowest BCUT2D eigenvalue weighted by Gasteiger charge is -2.25. The van der Waals surface area contributed by atoms with E-state index in [9.17, 15) is 13.2 Å². The fraction of sp³-hybridized carbons (Fsp3) is 0.316. The fourth-order valence-electron chi connectivity index (χ4n) is 2.87. The van der Waals surface area contributed by atoms with Crippen LogP contribution < -0.4 is 10.1 Å². The van der Waals surface area contributed by atoms with E-state index >= 15 is 0 Å². The molecule has 27 heavy (non-hydrogen) atoms. The van der Waals surface area contributed by atoms with E-state index in [0.29, 0.717) is 29.5 Å². The maximum Gasteiger partial charge on any atom is 0.262 e. The van der Waals surface area contributed by atoms with Crippen LogP contribution in [0.1, 0.15) is 19.3 Å². The zero-order chi connectivity index (χ0) is 19.3. The number of hydrogen-bond donors (Lipinski definition) is 1. The second-order valence-electron chi connectivity index (χ2n) is 6.28. The van der Waals surface area contributed by atoms with Gasteiger partial charge in [-0.1, -0.05) is 24.1 Å². The first-order valence-corrected chi connectivity index (χ1v) is 10.6. The normalized spacial score (nSPS) is 15.3. The second kappa shape index (κ2) is 8.73. The number of carbonyl (C=O) groups is 1. The quantitative estimate of drug-likeness (QED) is 0.793. The number of ether oxygens (including phenoxy) is 1. The third-order valence-corrected chi connectivity index (χ3v) is 6.40. The molecule has 2 aromatic carbocycles. The predicted octanol–water partition coefficient (Wildman–Crippen LogP) is 3.53. The fourth-order valence-corrected chi connectivity index (χ4v) is 4.58. The van der Waals surface area contributed by atoms with Crippen LogP contribution in [0.25, 0.3) is 0 Å². The molecule has 0 atom stereocenters. The smallest absolute Gasteiger partial charge is 0.262 e. The number of carbonyl (C=O) groups excluding carboxylic acids is 1. The van der Waals surface area contributed by atoms with E-state index in [4.69, 9.17) is 16.3 Å². The van der Waals surface area contributed by atoms with Gasteiger partial charge in [-0.05, 0) is 55.3 Å². The molecule has 0 saturated carbocycles. The summed E-state index contributed by atoms with van der Waals surface area (Å²) in [5.74, 6) is 0.0936. The highest BCUT2D eigenvalue weighted by atomic mass is 35.5. The minimum absolute atomic E-state index is 0.190. The highest BCUT2D eigenvalue weighted by Crippen LogP contribution is 2.22. The average molecular weight is 409 g/mol. The Kier molecular flexibility index (Phi) is 6.36. The highest BCUT2D eigenvalue weighted by molar-refractivity contribution is 7.89. The van der Waals surface area contributed by atoms with Gasteiger partial charge in [0.1, 0.15) is 5.75 Å². The molecule has 1 amide bonds. The first-order valence-electron chi connectivity index (χ1n) is 8.73. The number of rotatable bonds is 6. The number of hydrogen-bond acceptors (Lipinski definition) is 4. The Morgan fingerprint density at radius 3 is 2.44 bits per heavy atom. The summed E-state index contributed by atoms with van der Waals surface area (Å²) in [7, 11) is -3.47. The molecule has 0 spiro atoms. The third-order valence-electron chi connectivity index (χ3n) is 4.25. The molecule has 1 saturated heterocycles. The van der Waals surface area contributed by atoms with Crippen LogP contribution >= 0.6 is 11.6 Å². The molecular formula is C19H21ClN2O4S. The number of halogens is 1. The number of amides is 1. The van der Waals surface area contributed by atoms with Crippen molar-refractivity contribution >= 4 is 33.2 Å². The molecule has 8 heteroatoms. The summed E-state index contributed by atoms with van der Waals surface area (Å²) in [4.78, 5) is 12.2. The first-order chi connectivity index (χ1) is 12.9. The van der Waals surface area contributed by atoms with Crippen molar-refractivity contribution in [2.75, 3.05) is 25.0 Å². The molecule has 1 aliphatic heterocycles. The van der Waals surface area contributed by atoms with E-state index in [1.165, 1.54) is 16.4 Å². The minimum atomic E-state index is -3.47. The van der Waals surface area contributed by atoms with Crippen LogP contribution in [0, 0.1) is 0 Å². The maximum absolute atomic E-state index is 12.6. The molecule has 1 aliphatic rings. The number of anilines is 1. The SMILES string of the molecule is O=C(COc1ccc(S(=O)(=O)N2CCCCC2)cc1)Nc1cccc(Cl)c1. The molecule has 144 valence electrons. The van der Waals surface area contributed by atoms with Crippen LogP contribution in [0.4, 0.5) is 5.69 Å². The Balaban J connectivity index is 1.56. The highest BCUT2D eigenvalue weighted by Gasteiger charge is 2.25. The van der Waals surface area contributed by atoms with E-state index < -0.39 is 10.0 Å². The molecule has 0 unspecified atom stereocenters. The zero-order valence-corrected chi connectivity index (χ0v) is 16.3. The van der Waals surface area contributed by atoms with E-state index in [1.807, 2.05) is 0 Å². The Hall–Kier alpha value is -2.09. The number of nitrogens with one attached hydrogen (secondary N) is 1. The average Bonchev–Trinajstić information content (AvgIpc) is 2.67. The van der Waals surface area contributed by atoms with Crippen molar-refractivity contribution in [3.05, 3.63) is 53.6 Å². The van der Waals surface area contributed by atoms with Crippen molar-refractivity contribution in [1.29, 1.82) is 0 Å². The molecule has 1 N–H and O–H groups in total. The first kappa shape index (κ1) is 19.7. The third kappa shape index (κ3) is 5.22. The Morgan fingerprint density at radius 2 is 1.78 bits per heavy atom.